The molecule has 2 atom stereocenters. The summed E-state index contributed by atoms with van der Waals surface area (Å²) in [5, 5.41) is 12.6. The van der Waals surface area contributed by atoms with Gasteiger partial charge in [-0.25, -0.2) is 0 Å². The predicted octanol–water partition coefficient (Wildman–Crippen LogP) is 0.0691. The van der Waals surface area contributed by atoms with Crippen LogP contribution in [0, 0.1) is 0 Å². The van der Waals surface area contributed by atoms with Crippen molar-refractivity contribution < 1.29 is 19.4 Å². The second kappa shape index (κ2) is 7.60. The third-order valence-corrected chi connectivity index (χ3v) is 2.48. The standard InChI is InChI=1S/C11H21NO4/c1-2-15-11(14)6-9(13)7-12-8-10-4-3-5-16-10/h9-10,12-13H,2-8H2,1H3. The molecule has 1 fully saturated rings. The van der Waals surface area contributed by atoms with Crippen molar-refractivity contribution in [3.05, 3.63) is 0 Å². The second-order valence-electron chi connectivity index (χ2n) is 3.96. The molecule has 5 nitrogen and oxygen atoms in total. The molecule has 0 bridgehead atoms. The van der Waals surface area contributed by atoms with Gasteiger partial charge in [0.25, 0.3) is 0 Å². The average Bonchev–Trinajstić information content (AvgIpc) is 2.70. The average molecular weight is 231 g/mol. The Kier molecular flexibility index (Phi) is 6.37. The summed E-state index contributed by atoms with van der Waals surface area (Å²) >= 11 is 0. The summed E-state index contributed by atoms with van der Waals surface area (Å²) in [7, 11) is 0. The molecule has 94 valence electrons. The number of esters is 1. The van der Waals surface area contributed by atoms with Crippen molar-refractivity contribution in [2.24, 2.45) is 0 Å². The van der Waals surface area contributed by atoms with Crippen molar-refractivity contribution >= 4 is 5.97 Å². The third-order valence-electron chi connectivity index (χ3n) is 2.48. The van der Waals surface area contributed by atoms with E-state index in [0.717, 1.165) is 26.0 Å². The molecule has 1 saturated heterocycles. The number of hydrogen-bond acceptors (Lipinski definition) is 5. The fraction of sp³-hybridized carbons (Fsp3) is 0.909. The van der Waals surface area contributed by atoms with Crippen LogP contribution in [0.2, 0.25) is 0 Å². The SMILES string of the molecule is CCOC(=O)CC(O)CNCC1CCCO1. The van der Waals surface area contributed by atoms with Gasteiger partial charge in [0.1, 0.15) is 0 Å². The van der Waals surface area contributed by atoms with Gasteiger partial charge in [-0.3, -0.25) is 4.79 Å². The highest BCUT2D eigenvalue weighted by molar-refractivity contribution is 5.69. The van der Waals surface area contributed by atoms with Crippen molar-refractivity contribution in [2.75, 3.05) is 26.3 Å². The lowest BCUT2D eigenvalue weighted by molar-refractivity contribution is -0.145. The predicted molar refractivity (Wildman–Crippen MR) is 59.1 cm³/mol. The highest BCUT2D eigenvalue weighted by atomic mass is 16.5. The first-order chi connectivity index (χ1) is 7.72. The molecule has 0 aromatic rings. The maximum Gasteiger partial charge on any atom is 0.308 e. The van der Waals surface area contributed by atoms with E-state index in [0.29, 0.717) is 13.2 Å². The van der Waals surface area contributed by atoms with Crippen LogP contribution in [-0.4, -0.2) is 49.6 Å². The Hall–Kier alpha value is -0.650. The van der Waals surface area contributed by atoms with Crippen LogP contribution in [0.5, 0.6) is 0 Å². The van der Waals surface area contributed by atoms with Crippen LogP contribution in [0.1, 0.15) is 26.2 Å². The lowest BCUT2D eigenvalue weighted by atomic mass is 10.2. The molecule has 5 heteroatoms. The molecule has 1 rings (SSSR count). The van der Waals surface area contributed by atoms with Crippen molar-refractivity contribution in [3.8, 4) is 0 Å². The molecular formula is C11H21NO4. The van der Waals surface area contributed by atoms with Crippen LogP contribution in [-0.2, 0) is 14.3 Å². The minimum absolute atomic E-state index is 0.0480. The number of aliphatic hydroxyl groups excluding tert-OH is 1. The first-order valence-corrected chi connectivity index (χ1v) is 5.88. The fourth-order valence-electron chi connectivity index (χ4n) is 1.70. The Morgan fingerprint density at radius 1 is 1.69 bits per heavy atom. The van der Waals surface area contributed by atoms with Gasteiger partial charge in [0.15, 0.2) is 0 Å². The Labute approximate surface area is 96.1 Å². The van der Waals surface area contributed by atoms with E-state index < -0.39 is 6.10 Å². The van der Waals surface area contributed by atoms with E-state index in [2.05, 4.69) is 5.32 Å². The number of nitrogens with one attached hydrogen (secondary N) is 1. The molecule has 0 spiro atoms. The molecule has 0 aromatic carbocycles. The van der Waals surface area contributed by atoms with Crippen molar-refractivity contribution in [1.29, 1.82) is 0 Å². The van der Waals surface area contributed by atoms with Crippen molar-refractivity contribution in [1.82, 2.24) is 5.32 Å². The van der Waals surface area contributed by atoms with Crippen LogP contribution in [0.4, 0.5) is 0 Å². The van der Waals surface area contributed by atoms with Crippen LogP contribution in [0.25, 0.3) is 0 Å². The molecule has 1 aliphatic rings. The van der Waals surface area contributed by atoms with Crippen LogP contribution in [0.15, 0.2) is 0 Å². The van der Waals surface area contributed by atoms with Gasteiger partial charge in [-0.2, -0.15) is 0 Å². The van der Waals surface area contributed by atoms with Gasteiger partial charge in [0.05, 0.1) is 25.2 Å². The lowest BCUT2D eigenvalue weighted by Gasteiger charge is -2.13. The van der Waals surface area contributed by atoms with Crippen molar-refractivity contribution in [3.63, 3.8) is 0 Å². The molecule has 0 amide bonds. The Balaban J connectivity index is 2.00. The minimum Gasteiger partial charge on any atom is -0.466 e. The topological polar surface area (TPSA) is 67.8 Å². The molecule has 2 N–H and O–H groups in total. The van der Waals surface area contributed by atoms with E-state index in [9.17, 15) is 9.90 Å². The second-order valence-corrected chi connectivity index (χ2v) is 3.96. The van der Waals surface area contributed by atoms with Crippen LogP contribution < -0.4 is 5.32 Å². The molecule has 1 aliphatic heterocycles. The normalized spacial score (nSPS) is 22.0. The summed E-state index contributed by atoms with van der Waals surface area (Å²) in [4.78, 5) is 11.0. The van der Waals surface area contributed by atoms with Gasteiger partial charge in [0, 0.05) is 19.7 Å². The van der Waals surface area contributed by atoms with Gasteiger partial charge < -0.3 is 19.9 Å². The smallest absolute Gasteiger partial charge is 0.308 e. The Morgan fingerprint density at radius 3 is 3.12 bits per heavy atom. The quantitative estimate of drug-likeness (QED) is 0.607. The highest BCUT2D eigenvalue weighted by Crippen LogP contribution is 2.10. The zero-order chi connectivity index (χ0) is 11.8. The fourth-order valence-corrected chi connectivity index (χ4v) is 1.70. The first kappa shape index (κ1) is 13.4. The molecule has 0 aromatic heterocycles. The maximum atomic E-state index is 11.0. The lowest BCUT2D eigenvalue weighted by Crippen LogP contribution is -2.34. The number of rotatable bonds is 7. The maximum absolute atomic E-state index is 11.0. The zero-order valence-corrected chi connectivity index (χ0v) is 9.78. The van der Waals surface area contributed by atoms with E-state index in [1.807, 2.05) is 0 Å². The molecule has 0 radical (unpaired) electrons. The van der Waals surface area contributed by atoms with Gasteiger partial charge in [-0.15, -0.1) is 0 Å². The molecule has 2 unspecified atom stereocenters. The summed E-state index contributed by atoms with van der Waals surface area (Å²) in [6, 6.07) is 0. The van der Waals surface area contributed by atoms with Crippen LogP contribution in [0.3, 0.4) is 0 Å². The zero-order valence-electron chi connectivity index (χ0n) is 9.78. The number of ether oxygens (including phenoxy) is 2. The van der Waals surface area contributed by atoms with E-state index in [4.69, 9.17) is 9.47 Å². The first-order valence-electron chi connectivity index (χ1n) is 5.88. The Morgan fingerprint density at radius 2 is 2.50 bits per heavy atom. The Bertz CT molecular complexity index is 204. The molecule has 0 aliphatic carbocycles. The molecular weight excluding hydrogens is 210 g/mol. The van der Waals surface area contributed by atoms with Gasteiger partial charge >= 0.3 is 5.97 Å². The van der Waals surface area contributed by atoms with Crippen molar-refractivity contribution in [2.45, 2.75) is 38.4 Å². The number of carbonyl (C=O) groups is 1. The van der Waals surface area contributed by atoms with Crippen LogP contribution >= 0.6 is 0 Å². The van der Waals surface area contributed by atoms with Gasteiger partial charge in [-0.1, -0.05) is 0 Å². The van der Waals surface area contributed by atoms with Gasteiger partial charge in [-0.05, 0) is 19.8 Å². The van der Waals surface area contributed by atoms with E-state index in [1.54, 1.807) is 6.92 Å². The summed E-state index contributed by atoms with van der Waals surface area (Å²) in [5.41, 5.74) is 0. The largest absolute Gasteiger partial charge is 0.466 e. The summed E-state index contributed by atoms with van der Waals surface area (Å²) < 4.78 is 10.2. The van der Waals surface area contributed by atoms with E-state index in [-0.39, 0.29) is 18.5 Å². The van der Waals surface area contributed by atoms with E-state index >= 15 is 0 Å². The monoisotopic (exact) mass is 231 g/mol. The number of hydrogen-bond donors (Lipinski definition) is 2. The number of carbonyl (C=O) groups excluding carboxylic acids is 1. The van der Waals surface area contributed by atoms with E-state index in [1.165, 1.54) is 0 Å². The number of aliphatic hydroxyl groups is 1. The van der Waals surface area contributed by atoms with Gasteiger partial charge in [0.2, 0.25) is 0 Å². The summed E-state index contributed by atoms with van der Waals surface area (Å²) in [5.74, 6) is -0.353. The highest BCUT2D eigenvalue weighted by Gasteiger charge is 2.16. The minimum atomic E-state index is -0.680. The molecule has 1 heterocycles. The summed E-state index contributed by atoms with van der Waals surface area (Å²) in [6.07, 6.45) is 1.81. The molecule has 16 heavy (non-hydrogen) atoms. The molecule has 0 saturated carbocycles. The third kappa shape index (κ3) is 5.44. The summed E-state index contributed by atoms with van der Waals surface area (Å²) in [6.45, 7) is 4.07.